The van der Waals surface area contributed by atoms with E-state index in [2.05, 4.69) is 11.9 Å². The van der Waals surface area contributed by atoms with Crippen LogP contribution in [0.2, 0.25) is 0 Å². The zero-order valence-corrected chi connectivity index (χ0v) is 14.6. The quantitative estimate of drug-likeness (QED) is 0.805. The molecule has 0 saturated carbocycles. The van der Waals surface area contributed by atoms with Crippen molar-refractivity contribution in [1.82, 2.24) is 5.32 Å². The summed E-state index contributed by atoms with van der Waals surface area (Å²) in [6.45, 7) is 9.74. The van der Waals surface area contributed by atoms with E-state index in [0.29, 0.717) is 6.42 Å². The van der Waals surface area contributed by atoms with Crippen molar-refractivity contribution >= 4 is 11.7 Å². The van der Waals surface area contributed by atoms with E-state index in [1.165, 1.54) is 0 Å². The number of amides is 1. The van der Waals surface area contributed by atoms with Crippen LogP contribution in [0.1, 0.15) is 44.4 Å². The Morgan fingerprint density at radius 2 is 1.58 bits per heavy atom. The van der Waals surface area contributed by atoms with E-state index in [1.807, 2.05) is 81.4 Å². The fourth-order valence-corrected chi connectivity index (χ4v) is 2.43. The molecule has 2 aromatic carbocycles. The van der Waals surface area contributed by atoms with Crippen LogP contribution in [0.5, 0.6) is 0 Å². The Kier molecular flexibility index (Phi) is 5.80. The largest absolute Gasteiger partial charge is 0.444 e. The Bertz CT molecular complexity index is 672. The van der Waals surface area contributed by atoms with Crippen LogP contribution in [0.15, 0.2) is 67.2 Å². The Hall–Kier alpha value is -2.55. The predicted octanol–water partition coefficient (Wildman–Crippen LogP) is 5.36. The molecule has 1 atom stereocenters. The topological polar surface area (TPSA) is 38.3 Å². The molecule has 2 rings (SSSR count). The van der Waals surface area contributed by atoms with Crippen LogP contribution < -0.4 is 5.32 Å². The summed E-state index contributed by atoms with van der Waals surface area (Å²) >= 11 is 0. The molecule has 2 aromatic rings. The lowest BCUT2D eigenvalue weighted by Gasteiger charge is -2.24. The first-order chi connectivity index (χ1) is 11.3. The maximum Gasteiger partial charge on any atom is 0.408 e. The normalized spacial score (nSPS) is 12.3. The molecule has 0 heterocycles. The van der Waals surface area contributed by atoms with Crippen LogP contribution in [0.25, 0.3) is 5.57 Å². The first-order valence-corrected chi connectivity index (χ1v) is 8.13. The maximum atomic E-state index is 12.2. The lowest BCUT2D eigenvalue weighted by atomic mass is 9.95. The Morgan fingerprint density at radius 3 is 2.12 bits per heavy atom. The van der Waals surface area contributed by atoms with Gasteiger partial charge in [-0.1, -0.05) is 67.2 Å². The van der Waals surface area contributed by atoms with Gasteiger partial charge in [-0.2, -0.15) is 0 Å². The third kappa shape index (κ3) is 5.58. The van der Waals surface area contributed by atoms with Crippen molar-refractivity contribution in [2.45, 2.75) is 38.8 Å². The van der Waals surface area contributed by atoms with Gasteiger partial charge in [-0.25, -0.2) is 4.79 Å². The summed E-state index contributed by atoms with van der Waals surface area (Å²) < 4.78 is 5.40. The van der Waals surface area contributed by atoms with Gasteiger partial charge in [0.2, 0.25) is 0 Å². The molecule has 0 aromatic heterocycles. The highest BCUT2D eigenvalue weighted by Gasteiger charge is 2.21. The van der Waals surface area contributed by atoms with Crippen LogP contribution in [0.4, 0.5) is 4.79 Å². The highest BCUT2D eigenvalue weighted by atomic mass is 16.6. The molecule has 126 valence electrons. The summed E-state index contributed by atoms with van der Waals surface area (Å²) in [4.78, 5) is 12.2. The van der Waals surface area contributed by atoms with Crippen molar-refractivity contribution in [3.8, 4) is 0 Å². The molecule has 0 radical (unpaired) electrons. The number of carbonyl (C=O) groups is 1. The Labute approximate surface area is 144 Å². The molecule has 0 aliphatic heterocycles. The van der Waals surface area contributed by atoms with Crippen molar-refractivity contribution in [2.24, 2.45) is 0 Å². The first-order valence-electron chi connectivity index (χ1n) is 8.13. The number of hydrogen-bond acceptors (Lipinski definition) is 2. The van der Waals surface area contributed by atoms with Gasteiger partial charge >= 0.3 is 6.09 Å². The molecule has 0 spiro atoms. The van der Waals surface area contributed by atoms with E-state index in [0.717, 1.165) is 16.7 Å². The summed E-state index contributed by atoms with van der Waals surface area (Å²) in [5, 5.41) is 2.97. The molecule has 0 unspecified atom stereocenters. The van der Waals surface area contributed by atoms with Gasteiger partial charge in [0, 0.05) is 0 Å². The predicted molar refractivity (Wildman–Crippen MR) is 98.6 cm³/mol. The lowest BCUT2D eigenvalue weighted by molar-refractivity contribution is 0.0504. The van der Waals surface area contributed by atoms with Crippen LogP contribution in [0.3, 0.4) is 0 Å². The monoisotopic (exact) mass is 323 g/mol. The highest BCUT2D eigenvalue weighted by Crippen LogP contribution is 2.26. The number of ether oxygens (including phenoxy) is 1. The van der Waals surface area contributed by atoms with Gasteiger partial charge in [0.15, 0.2) is 0 Å². The zero-order valence-electron chi connectivity index (χ0n) is 14.6. The van der Waals surface area contributed by atoms with E-state index in [9.17, 15) is 4.79 Å². The Balaban J connectivity index is 2.15. The fourth-order valence-electron chi connectivity index (χ4n) is 2.43. The van der Waals surface area contributed by atoms with Gasteiger partial charge in [-0.15, -0.1) is 0 Å². The van der Waals surface area contributed by atoms with Gasteiger partial charge in [0.1, 0.15) is 5.60 Å². The van der Waals surface area contributed by atoms with Crippen molar-refractivity contribution in [2.75, 3.05) is 0 Å². The number of carbonyl (C=O) groups excluding carboxylic acids is 1. The van der Waals surface area contributed by atoms with Gasteiger partial charge in [0.05, 0.1) is 6.04 Å². The average molecular weight is 323 g/mol. The summed E-state index contributed by atoms with van der Waals surface area (Å²) in [7, 11) is 0. The molecule has 0 fully saturated rings. The number of benzene rings is 2. The van der Waals surface area contributed by atoms with Gasteiger partial charge < -0.3 is 10.1 Å². The van der Waals surface area contributed by atoms with E-state index in [4.69, 9.17) is 4.74 Å². The second-order valence-corrected chi connectivity index (χ2v) is 6.78. The summed E-state index contributed by atoms with van der Waals surface area (Å²) in [6, 6.07) is 19.7. The minimum absolute atomic E-state index is 0.186. The minimum atomic E-state index is -0.526. The molecular weight excluding hydrogens is 298 g/mol. The van der Waals surface area contributed by atoms with E-state index in [-0.39, 0.29) is 6.04 Å². The zero-order chi connectivity index (χ0) is 17.6. The molecule has 0 aliphatic carbocycles. The van der Waals surface area contributed by atoms with Crippen LogP contribution in [-0.2, 0) is 4.74 Å². The fraction of sp³-hybridized carbons (Fsp3) is 0.286. The molecule has 3 heteroatoms. The third-order valence-corrected chi connectivity index (χ3v) is 3.53. The van der Waals surface area contributed by atoms with Crippen LogP contribution >= 0.6 is 0 Å². The van der Waals surface area contributed by atoms with Crippen LogP contribution in [0, 0.1) is 0 Å². The molecule has 0 bridgehead atoms. The van der Waals surface area contributed by atoms with Crippen molar-refractivity contribution < 1.29 is 9.53 Å². The van der Waals surface area contributed by atoms with E-state index < -0.39 is 11.7 Å². The second-order valence-electron chi connectivity index (χ2n) is 6.78. The molecule has 24 heavy (non-hydrogen) atoms. The van der Waals surface area contributed by atoms with Gasteiger partial charge in [-0.05, 0) is 43.9 Å². The molecule has 1 amide bonds. The number of alkyl carbamates (subject to hydrolysis) is 1. The molecule has 1 N–H and O–H groups in total. The first kappa shape index (κ1) is 17.8. The van der Waals surface area contributed by atoms with Crippen molar-refractivity contribution in [3.63, 3.8) is 0 Å². The van der Waals surface area contributed by atoms with Crippen molar-refractivity contribution in [3.05, 3.63) is 78.4 Å². The molecule has 0 saturated heterocycles. The lowest BCUT2D eigenvalue weighted by Crippen LogP contribution is -2.35. The summed E-state index contributed by atoms with van der Waals surface area (Å²) in [5.74, 6) is 0. The highest BCUT2D eigenvalue weighted by molar-refractivity contribution is 5.70. The SMILES string of the molecule is C=C(C[C@@H](NC(=O)OC(C)(C)C)c1ccccc1)c1ccccc1. The number of rotatable bonds is 5. The maximum absolute atomic E-state index is 12.2. The average Bonchev–Trinajstić information content (AvgIpc) is 2.54. The smallest absolute Gasteiger partial charge is 0.408 e. The standard InChI is InChI=1S/C21H25NO2/c1-16(17-11-7-5-8-12-17)15-19(18-13-9-6-10-14-18)22-20(23)24-21(2,3)4/h5-14,19H,1,15H2,2-4H3,(H,22,23)/t19-/m1/s1. The van der Waals surface area contributed by atoms with Crippen molar-refractivity contribution in [1.29, 1.82) is 0 Å². The minimum Gasteiger partial charge on any atom is -0.444 e. The van der Waals surface area contributed by atoms with Gasteiger partial charge in [-0.3, -0.25) is 0 Å². The third-order valence-electron chi connectivity index (χ3n) is 3.53. The van der Waals surface area contributed by atoms with Gasteiger partial charge in [0.25, 0.3) is 0 Å². The second kappa shape index (κ2) is 7.82. The summed E-state index contributed by atoms with van der Waals surface area (Å²) in [5.41, 5.74) is 2.55. The van der Waals surface area contributed by atoms with E-state index >= 15 is 0 Å². The number of nitrogens with one attached hydrogen (secondary N) is 1. The summed E-state index contributed by atoms with van der Waals surface area (Å²) in [6.07, 6.45) is 0.199. The number of hydrogen-bond donors (Lipinski definition) is 1. The Morgan fingerprint density at radius 1 is 1.04 bits per heavy atom. The van der Waals surface area contributed by atoms with Crippen LogP contribution in [-0.4, -0.2) is 11.7 Å². The van der Waals surface area contributed by atoms with E-state index in [1.54, 1.807) is 0 Å². The molecular formula is C21H25NO2. The molecule has 3 nitrogen and oxygen atoms in total. The molecule has 0 aliphatic rings.